The first-order valence-electron chi connectivity index (χ1n) is 4.67. The van der Waals surface area contributed by atoms with Crippen LogP contribution in [0.1, 0.15) is 13.8 Å². The monoisotopic (exact) mass is 271 g/mol. The van der Waals surface area contributed by atoms with Crippen LogP contribution in [0.3, 0.4) is 0 Å². The minimum atomic E-state index is 0.364. The van der Waals surface area contributed by atoms with Crippen LogP contribution in [0.15, 0.2) is 16.6 Å². The molecule has 0 N–H and O–H groups in total. The van der Waals surface area contributed by atoms with Crippen LogP contribution >= 0.6 is 15.9 Å². The fourth-order valence-corrected chi connectivity index (χ4v) is 1.58. The van der Waals surface area contributed by atoms with Gasteiger partial charge in [0.05, 0.1) is 23.8 Å². The van der Waals surface area contributed by atoms with Gasteiger partial charge in [0.15, 0.2) is 4.98 Å². The summed E-state index contributed by atoms with van der Waals surface area (Å²) in [6, 6.07) is 3.35. The molecule has 1 rings (SSSR count). The molecule has 0 aliphatic heterocycles. The lowest BCUT2D eigenvalue weighted by molar-refractivity contribution is 0.330. The molecule has 0 bridgehead atoms. The fraction of sp³-hybridized carbons (Fsp3) is 0.400. The van der Waals surface area contributed by atoms with Gasteiger partial charge in [0.2, 0.25) is 11.1 Å². The summed E-state index contributed by atoms with van der Waals surface area (Å²) in [5.41, 5.74) is 0.364. The van der Waals surface area contributed by atoms with Crippen molar-refractivity contribution < 1.29 is 9.47 Å². The van der Waals surface area contributed by atoms with Crippen LogP contribution in [0.5, 0.6) is 11.5 Å². The minimum absolute atomic E-state index is 0.364. The highest BCUT2D eigenvalue weighted by atomic mass is 79.9. The van der Waals surface area contributed by atoms with Crippen molar-refractivity contribution in [2.24, 2.45) is 0 Å². The zero-order valence-corrected chi connectivity index (χ0v) is 10.2. The summed E-state index contributed by atoms with van der Waals surface area (Å²) in [5, 5.41) is 8.80. The van der Waals surface area contributed by atoms with E-state index in [1.807, 2.05) is 13.8 Å². The van der Waals surface area contributed by atoms with Crippen molar-refractivity contribution in [1.82, 2.24) is 0 Å². The molecule has 0 spiro atoms. The molecule has 4 nitrogen and oxygen atoms in total. The fourth-order valence-electron chi connectivity index (χ4n) is 1.14. The Bertz CT molecular complexity index is 388. The highest BCUT2D eigenvalue weighted by Crippen LogP contribution is 2.38. The van der Waals surface area contributed by atoms with Crippen molar-refractivity contribution in [3.8, 4) is 11.5 Å². The number of nitrogens with zero attached hydrogens (tertiary/aromatic N) is 2. The molecule has 0 aliphatic carbocycles. The molecule has 0 aliphatic rings. The Balaban J connectivity index is 3.12. The van der Waals surface area contributed by atoms with E-state index >= 15 is 0 Å². The van der Waals surface area contributed by atoms with Gasteiger partial charge in [-0.25, -0.2) is 0 Å². The average molecular weight is 272 g/mol. The summed E-state index contributed by atoms with van der Waals surface area (Å²) in [4.78, 5) is 3.15. The Morgan fingerprint density at radius 3 is 2.33 bits per heavy atom. The normalized spacial score (nSPS) is 9.47. The van der Waals surface area contributed by atoms with E-state index in [1.54, 1.807) is 12.1 Å². The molecule has 0 saturated heterocycles. The van der Waals surface area contributed by atoms with Gasteiger partial charge in [-0.15, -0.1) is 0 Å². The second-order valence-electron chi connectivity index (χ2n) is 2.72. The number of hydrogen-bond acceptors (Lipinski definition) is 3. The zero-order valence-electron chi connectivity index (χ0n) is 8.66. The van der Waals surface area contributed by atoms with E-state index in [1.165, 1.54) is 0 Å². The molecule has 0 fully saturated rings. The molecule has 1 aromatic carbocycles. The van der Waals surface area contributed by atoms with Gasteiger partial charge in [0, 0.05) is 6.07 Å². The van der Waals surface area contributed by atoms with E-state index in [0.717, 1.165) is 4.47 Å². The van der Waals surface area contributed by atoms with Crippen LogP contribution in [0.2, 0.25) is 0 Å². The lowest BCUT2D eigenvalue weighted by Gasteiger charge is -2.06. The smallest absolute Gasteiger partial charge is 0.430 e. The van der Waals surface area contributed by atoms with Gasteiger partial charge < -0.3 is 9.47 Å². The third-order valence-corrected chi connectivity index (χ3v) is 2.34. The van der Waals surface area contributed by atoms with Gasteiger partial charge in [0.1, 0.15) is 5.75 Å². The second kappa shape index (κ2) is 5.56. The van der Waals surface area contributed by atoms with E-state index in [9.17, 15) is 0 Å². The summed E-state index contributed by atoms with van der Waals surface area (Å²) in [6.45, 7) is 4.82. The molecule has 15 heavy (non-hydrogen) atoms. The zero-order chi connectivity index (χ0) is 11.3. The van der Waals surface area contributed by atoms with Gasteiger partial charge in [-0.05, 0) is 29.8 Å². The van der Waals surface area contributed by atoms with Crippen molar-refractivity contribution in [2.45, 2.75) is 13.8 Å². The van der Waals surface area contributed by atoms with Gasteiger partial charge >= 0.3 is 5.69 Å². The van der Waals surface area contributed by atoms with E-state index in [2.05, 4.69) is 20.9 Å². The Morgan fingerprint density at radius 1 is 1.20 bits per heavy atom. The highest BCUT2D eigenvalue weighted by Gasteiger charge is 2.19. The molecule has 0 unspecified atom stereocenters. The first-order chi connectivity index (χ1) is 7.22. The number of rotatable bonds is 4. The summed E-state index contributed by atoms with van der Waals surface area (Å²) in [5.74, 6) is 1.16. The summed E-state index contributed by atoms with van der Waals surface area (Å²) < 4.78 is 11.4. The number of diazo groups is 1. The van der Waals surface area contributed by atoms with E-state index in [-0.39, 0.29) is 0 Å². The Hall–Kier alpha value is -1.28. The second-order valence-corrected chi connectivity index (χ2v) is 3.57. The third kappa shape index (κ3) is 2.83. The van der Waals surface area contributed by atoms with Crippen LogP contribution in [0, 0.1) is 5.39 Å². The van der Waals surface area contributed by atoms with E-state index in [0.29, 0.717) is 30.4 Å². The lowest BCUT2D eigenvalue weighted by atomic mass is 10.3. The number of benzene rings is 1. The topological polar surface area (TPSA) is 46.6 Å². The summed E-state index contributed by atoms with van der Waals surface area (Å²) >= 11 is 3.35. The van der Waals surface area contributed by atoms with Gasteiger partial charge in [-0.3, -0.25) is 0 Å². The summed E-state index contributed by atoms with van der Waals surface area (Å²) in [7, 11) is 0. The maximum atomic E-state index is 8.80. The molecule has 80 valence electrons. The van der Waals surface area contributed by atoms with E-state index in [4.69, 9.17) is 14.9 Å². The number of hydrogen-bond donors (Lipinski definition) is 0. The van der Waals surface area contributed by atoms with Crippen LogP contribution in [-0.2, 0) is 0 Å². The average Bonchev–Trinajstić information content (AvgIpc) is 2.22. The van der Waals surface area contributed by atoms with Crippen LogP contribution < -0.4 is 9.47 Å². The Kier molecular flexibility index (Phi) is 4.37. The van der Waals surface area contributed by atoms with Crippen molar-refractivity contribution in [1.29, 1.82) is 5.39 Å². The number of halogens is 1. The molecule has 0 atom stereocenters. The standard InChI is InChI=1S/C10H12BrN2O2/c1-3-14-9-6-8(13-12)10(15-4-2)5-7(9)11/h5-6H,3-4H2,1-2H3/q+1. The molecule has 0 amide bonds. The summed E-state index contributed by atoms with van der Waals surface area (Å²) in [6.07, 6.45) is 0. The van der Waals surface area contributed by atoms with Crippen molar-refractivity contribution in [3.63, 3.8) is 0 Å². The molecule has 0 heterocycles. The van der Waals surface area contributed by atoms with Crippen LogP contribution in [0.25, 0.3) is 4.98 Å². The SMILES string of the molecule is CCOc1cc([N+]#N)c(OCC)cc1Br. The highest BCUT2D eigenvalue weighted by molar-refractivity contribution is 9.10. The van der Waals surface area contributed by atoms with E-state index < -0.39 is 0 Å². The van der Waals surface area contributed by atoms with Crippen LogP contribution in [0.4, 0.5) is 5.69 Å². The quantitative estimate of drug-likeness (QED) is 0.784. The molecular formula is C10H12BrN2O2+. The van der Waals surface area contributed by atoms with Gasteiger partial charge in [-0.2, -0.15) is 0 Å². The first kappa shape index (κ1) is 11.8. The lowest BCUT2D eigenvalue weighted by Crippen LogP contribution is -1.95. The Morgan fingerprint density at radius 2 is 1.80 bits per heavy atom. The molecule has 0 aromatic heterocycles. The Labute approximate surface area is 96.9 Å². The van der Waals surface area contributed by atoms with Gasteiger partial charge in [-0.1, -0.05) is 0 Å². The third-order valence-electron chi connectivity index (χ3n) is 1.72. The van der Waals surface area contributed by atoms with Gasteiger partial charge in [0.25, 0.3) is 0 Å². The molecule has 1 aromatic rings. The van der Waals surface area contributed by atoms with Crippen molar-refractivity contribution in [3.05, 3.63) is 21.6 Å². The predicted octanol–water partition coefficient (Wildman–Crippen LogP) is 3.73. The van der Waals surface area contributed by atoms with Crippen molar-refractivity contribution in [2.75, 3.05) is 13.2 Å². The molecular weight excluding hydrogens is 260 g/mol. The predicted molar refractivity (Wildman–Crippen MR) is 61.2 cm³/mol. The molecule has 5 heteroatoms. The molecule has 0 radical (unpaired) electrons. The number of ether oxygens (including phenoxy) is 2. The van der Waals surface area contributed by atoms with Crippen LogP contribution in [-0.4, -0.2) is 13.2 Å². The largest absolute Gasteiger partial charge is 0.492 e. The molecule has 0 saturated carbocycles. The van der Waals surface area contributed by atoms with Crippen molar-refractivity contribution >= 4 is 21.6 Å². The minimum Gasteiger partial charge on any atom is -0.492 e. The first-order valence-corrected chi connectivity index (χ1v) is 5.46. The maximum Gasteiger partial charge on any atom is 0.430 e. The maximum absolute atomic E-state index is 8.80.